The number of carbonyl (C=O) groups is 2. The molecule has 0 bridgehead atoms. The van der Waals surface area contributed by atoms with Gasteiger partial charge in [-0.2, -0.15) is 0 Å². The minimum atomic E-state index is -0.919. The van der Waals surface area contributed by atoms with Gasteiger partial charge < -0.3 is 10.0 Å². The van der Waals surface area contributed by atoms with Gasteiger partial charge in [-0.05, 0) is 31.0 Å². The molecule has 2 N–H and O–H groups in total. The van der Waals surface area contributed by atoms with E-state index < -0.39 is 18.1 Å². The zero-order valence-electron chi connectivity index (χ0n) is 13.6. The Morgan fingerprint density at radius 3 is 2.35 bits per heavy atom. The van der Waals surface area contributed by atoms with E-state index in [4.69, 9.17) is 5.11 Å². The Bertz CT molecular complexity index is 511. The second-order valence-corrected chi connectivity index (χ2v) is 6.30. The number of nitrogens with zero attached hydrogens (tertiary/aromatic N) is 1. The molecule has 1 amide bonds. The topological polar surface area (TPSA) is 69.6 Å². The molecule has 0 saturated carbocycles. The smallest absolute Gasteiger partial charge is 0.320 e. The highest BCUT2D eigenvalue weighted by Crippen LogP contribution is 2.12. The third-order valence-electron chi connectivity index (χ3n) is 3.41. The summed E-state index contributed by atoms with van der Waals surface area (Å²) in [5.41, 5.74) is 1.02. The van der Waals surface area contributed by atoms with E-state index in [2.05, 4.69) is 21.2 Å². The number of amides is 1. The average Bonchev–Trinajstić information content (AvgIpc) is 2.48. The number of carboxylic acid groups (broad SMARTS) is 1. The van der Waals surface area contributed by atoms with Gasteiger partial charge >= 0.3 is 5.97 Å². The lowest BCUT2D eigenvalue weighted by Gasteiger charge is -2.24. The van der Waals surface area contributed by atoms with Crippen LogP contribution in [0.5, 0.6) is 0 Å². The lowest BCUT2D eigenvalue weighted by Crippen LogP contribution is -2.49. The van der Waals surface area contributed by atoms with Crippen molar-refractivity contribution in [3.8, 4) is 0 Å². The number of benzene rings is 1. The lowest BCUT2D eigenvalue weighted by molar-refractivity contribution is -0.140. The van der Waals surface area contributed by atoms with Crippen LogP contribution in [0.25, 0.3) is 0 Å². The molecule has 0 aromatic heterocycles. The number of halogens is 2. The lowest BCUT2D eigenvalue weighted by atomic mass is 10.1. The summed E-state index contributed by atoms with van der Waals surface area (Å²) in [4.78, 5) is 25.1. The molecule has 0 aliphatic rings. The summed E-state index contributed by atoms with van der Waals surface area (Å²) in [6.07, 6.45) is 1.25. The van der Waals surface area contributed by atoms with Crippen molar-refractivity contribution >= 4 is 40.2 Å². The minimum Gasteiger partial charge on any atom is -0.480 e. The maximum Gasteiger partial charge on any atom is 0.320 e. The second kappa shape index (κ2) is 10.6. The molecule has 0 saturated heterocycles. The normalized spacial score (nSPS) is 12.9. The van der Waals surface area contributed by atoms with Gasteiger partial charge in [-0.15, -0.1) is 12.4 Å². The molecule has 2 atom stereocenters. The fourth-order valence-electron chi connectivity index (χ4n) is 2.21. The highest BCUT2D eigenvalue weighted by molar-refractivity contribution is 9.10. The molecule has 1 aromatic carbocycles. The molecule has 0 heterocycles. The first kappa shape index (κ1) is 21.9. The number of hydrogen-bond donors (Lipinski definition) is 2. The quantitative estimate of drug-likeness (QED) is 0.695. The number of carbonyl (C=O) groups excluding carboxylic acids is 1. The van der Waals surface area contributed by atoms with E-state index in [1.807, 2.05) is 31.2 Å². The van der Waals surface area contributed by atoms with Crippen molar-refractivity contribution in [2.24, 2.45) is 0 Å². The highest BCUT2D eigenvalue weighted by Gasteiger charge is 2.24. The maximum atomic E-state index is 12.3. The van der Waals surface area contributed by atoms with Gasteiger partial charge in [0, 0.05) is 18.1 Å². The number of aliphatic carboxylic acids is 1. The van der Waals surface area contributed by atoms with Crippen LogP contribution in [0.4, 0.5) is 0 Å². The van der Waals surface area contributed by atoms with Gasteiger partial charge in [0.15, 0.2) is 0 Å². The Labute approximate surface area is 152 Å². The van der Waals surface area contributed by atoms with Crippen LogP contribution in [-0.2, 0) is 16.1 Å². The molecule has 0 radical (unpaired) electrons. The average molecular weight is 408 g/mol. The molecule has 0 fully saturated rings. The van der Waals surface area contributed by atoms with E-state index in [0.717, 1.165) is 16.5 Å². The third-order valence-corrected chi connectivity index (χ3v) is 3.93. The maximum absolute atomic E-state index is 12.3. The van der Waals surface area contributed by atoms with Crippen LogP contribution in [0.2, 0.25) is 0 Å². The van der Waals surface area contributed by atoms with Crippen LogP contribution >= 0.6 is 28.3 Å². The first-order chi connectivity index (χ1) is 10.3. The molecule has 1 rings (SSSR count). The minimum absolute atomic E-state index is 0. The fraction of sp³-hybridized carbons (Fsp3) is 0.500. The van der Waals surface area contributed by atoms with E-state index in [9.17, 15) is 9.59 Å². The molecule has 0 aliphatic carbocycles. The van der Waals surface area contributed by atoms with Crippen molar-refractivity contribution in [3.63, 3.8) is 0 Å². The van der Waals surface area contributed by atoms with E-state index in [1.165, 1.54) is 0 Å². The van der Waals surface area contributed by atoms with Crippen LogP contribution in [0.1, 0.15) is 32.3 Å². The van der Waals surface area contributed by atoms with Crippen LogP contribution in [-0.4, -0.2) is 41.0 Å². The Kier molecular flexibility index (Phi) is 10.1. The molecule has 0 aliphatic heterocycles. The summed E-state index contributed by atoms with van der Waals surface area (Å²) < 4.78 is 0.990. The molecule has 1 aromatic rings. The Hall–Kier alpha value is -1.11. The number of carboxylic acids is 1. The van der Waals surface area contributed by atoms with Crippen LogP contribution in [0.15, 0.2) is 28.7 Å². The van der Waals surface area contributed by atoms with Gasteiger partial charge in [0.2, 0.25) is 5.91 Å². The Morgan fingerprint density at radius 1 is 1.30 bits per heavy atom. The zero-order valence-corrected chi connectivity index (χ0v) is 16.0. The van der Waals surface area contributed by atoms with Crippen molar-refractivity contribution in [2.45, 2.75) is 45.3 Å². The molecule has 23 heavy (non-hydrogen) atoms. The van der Waals surface area contributed by atoms with Crippen molar-refractivity contribution in [2.75, 3.05) is 7.05 Å². The summed E-state index contributed by atoms with van der Waals surface area (Å²) in [6.45, 7) is 4.11. The van der Waals surface area contributed by atoms with Gasteiger partial charge in [-0.25, -0.2) is 0 Å². The third kappa shape index (κ3) is 7.33. The number of hydrogen-bond acceptors (Lipinski definition) is 3. The molecule has 7 heteroatoms. The second-order valence-electron chi connectivity index (χ2n) is 5.39. The molecule has 130 valence electrons. The molecular formula is C16H24BrClN2O3. The summed E-state index contributed by atoms with van der Waals surface area (Å²) in [5.74, 6) is -1.04. The van der Waals surface area contributed by atoms with Gasteiger partial charge in [0.25, 0.3) is 0 Å². The summed E-state index contributed by atoms with van der Waals surface area (Å²) in [7, 11) is 1.72. The van der Waals surface area contributed by atoms with Crippen molar-refractivity contribution in [1.82, 2.24) is 10.2 Å². The Morgan fingerprint density at radius 2 is 1.87 bits per heavy atom. The van der Waals surface area contributed by atoms with E-state index in [0.29, 0.717) is 13.0 Å². The number of likely N-dealkylation sites (N-methyl/N-ethyl adjacent to an activating group) is 1. The predicted molar refractivity (Wildman–Crippen MR) is 96.8 cm³/mol. The predicted octanol–water partition coefficient (Wildman–Crippen LogP) is 3.06. The van der Waals surface area contributed by atoms with Gasteiger partial charge in [0.1, 0.15) is 6.04 Å². The Balaban J connectivity index is 0.00000484. The summed E-state index contributed by atoms with van der Waals surface area (Å²) in [6, 6.07) is 6.53. The van der Waals surface area contributed by atoms with Crippen LogP contribution < -0.4 is 5.32 Å². The molecular weight excluding hydrogens is 384 g/mol. The van der Waals surface area contributed by atoms with E-state index >= 15 is 0 Å². The highest BCUT2D eigenvalue weighted by atomic mass is 79.9. The fourth-order valence-corrected chi connectivity index (χ4v) is 2.48. The molecule has 0 spiro atoms. The van der Waals surface area contributed by atoms with Gasteiger partial charge in [0.05, 0.1) is 6.04 Å². The van der Waals surface area contributed by atoms with Crippen molar-refractivity contribution < 1.29 is 14.7 Å². The SMILES string of the molecule is CCCC(NC(C)C(=O)N(C)Cc1ccc(Br)cc1)C(=O)O.Cl. The summed E-state index contributed by atoms with van der Waals surface area (Å²) in [5, 5.41) is 12.0. The zero-order chi connectivity index (χ0) is 16.7. The van der Waals surface area contributed by atoms with Crippen molar-refractivity contribution in [3.05, 3.63) is 34.3 Å². The standard InChI is InChI=1S/C16H23BrN2O3.ClH/c1-4-5-14(16(21)22)18-11(2)15(20)19(3)10-12-6-8-13(17)9-7-12;/h6-9,11,14,18H,4-5,10H2,1-3H3,(H,21,22);1H. The monoisotopic (exact) mass is 406 g/mol. The van der Waals surface area contributed by atoms with Crippen LogP contribution in [0.3, 0.4) is 0 Å². The van der Waals surface area contributed by atoms with Gasteiger partial charge in [-0.1, -0.05) is 41.4 Å². The number of rotatable bonds is 8. The molecule has 5 nitrogen and oxygen atoms in total. The first-order valence-corrected chi connectivity index (χ1v) is 8.12. The van der Waals surface area contributed by atoms with Crippen LogP contribution in [0, 0.1) is 0 Å². The van der Waals surface area contributed by atoms with Gasteiger partial charge in [-0.3, -0.25) is 14.9 Å². The number of nitrogens with one attached hydrogen (secondary N) is 1. The van der Waals surface area contributed by atoms with E-state index in [1.54, 1.807) is 18.9 Å². The van der Waals surface area contributed by atoms with E-state index in [-0.39, 0.29) is 18.3 Å². The largest absolute Gasteiger partial charge is 0.480 e. The first-order valence-electron chi connectivity index (χ1n) is 7.33. The summed E-state index contributed by atoms with van der Waals surface area (Å²) >= 11 is 3.37. The molecule has 2 unspecified atom stereocenters. The van der Waals surface area contributed by atoms with Crippen molar-refractivity contribution in [1.29, 1.82) is 0 Å².